The molecule has 2 aromatic carbocycles. The van der Waals surface area contributed by atoms with Gasteiger partial charge in [-0.25, -0.2) is 0 Å². The summed E-state index contributed by atoms with van der Waals surface area (Å²) in [4.78, 5) is 13.1. The number of hydrogen-bond acceptors (Lipinski definition) is 4. The third-order valence-corrected chi connectivity index (χ3v) is 4.84. The quantitative estimate of drug-likeness (QED) is 0.643. The number of hydrogen-bond donors (Lipinski definition) is 3. The first kappa shape index (κ1) is 20.0. The first-order valence-electron chi connectivity index (χ1n) is 8.50. The number of thiocarbonyl (C=S) groups is 1. The Morgan fingerprint density at radius 1 is 1.14 bits per heavy atom. The molecular weight excluding hydrogens is 398 g/mol. The number of benzene rings is 2. The van der Waals surface area contributed by atoms with E-state index in [-0.39, 0.29) is 5.91 Å². The summed E-state index contributed by atoms with van der Waals surface area (Å²) in [6.45, 7) is 1.81. The molecule has 1 aliphatic heterocycles. The predicted octanol–water partition coefficient (Wildman–Crippen LogP) is 3.79. The maximum Gasteiger partial charge on any atom is 0.255 e. The first-order valence-corrected chi connectivity index (χ1v) is 9.28. The van der Waals surface area contributed by atoms with E-state index < -0.39 is 6.04 Å². The molecule has 3 rings (SSSR count). The molecule has 0 saturated heterocycles. The summed E-state index contributed by atoms with van der Waals surface area (Å²) in [5.74, 6) is 1.00. The number of allylic oxidation sites excluding steroid dienone is 1. The fraction of sp³-hybridized carbons (Fsp3) is 0.200. The monoisotopic (exact) mass is 417 g/mol. The second-order valence-corrected chi connectivity index (χ2v) is 6.98. The van der Waals surface area contributed by atoms with Crippen LogP contribution in [-0.2, 0) is 4.79 Å². The smallest absolute Gasteiger partial charge is 0.255 e. The number of carbonyl (C=O) groups excluding carboxylic acids is 1. The van der Waals surface area contributed by atoms with Gasteiger partial charge in [0, 0.05) is 22.0 Å². The molecule has 3 N–H and O–H groups in total. The molecule has 28 heavy (non-hydrogen) atoms. The predicted molar refractivity (Wildman–Crippen MR) is 114 cm³/mol. The van der Waals surface area contributed by atoms with Gasteiger partial charge in [-0.3, -0.25) is 4.79 Å². The fourth-order valence-corrected chi connectivity index (χ4v) is 3.42. The second kappa shape index (κ2) is 8.50. The van der Waals surface area contributed by atoms with Gasteiger partial charge >= 0.3 is 0 Å². The molecule has 1 heterocycles. The van der Waals surface area contributed by atoms with Crippen molar-refractivity contribution in [2.45, 2.75) is 13.0 Å². The zero-order valence-corrected chi connectivity index (χ0v) is 17.2. The van der Waals surface area contributed by atoms with E-state index in [2.05, 4.69) is 16.0 Å². The lowest BCUT2D eigenvalue weighted by atomic mass is 9.94. The van der Waals surface area contributed by atoms with E-state index in [0.717, 1.165) is 5.56 Å². The highest BCUT2D eigenvalue weighted by Gasteiger charge is 2.32. The minimum Gasteiger partial charge on any atom is -0.497 e. The number of carbonyl (C=O) groups is 1. The molecule has 0 aliphatic carbocycles. The number of ether oxygens (including phenoxy) is 2. The second-order valence-electron chi connectivity index (χ2n) is 6.14. The van der Waals surface area contributed by atoms with E-state index in [0.29, 0.717) is 38.6 Å². The molecule has 0 spiro atoms. The third-order valence-electron chi connectivity index (χ3n) is 4.36. The Hall–Kier alpha value is -2.77. The average molecular weight is 418 g/mol. The van der Waals surface area contributed by atoms with Gasteiger partial charge in [-0.2, -0.15) is 0 Å². The van der Waals surface area contributed by atoms with Gasteiger partial charge in [0.05, 0.1) is 25.8 Å². The summed E-state index contributed by atoms with van der Waals surface area (Å²) in [6, 6.07) is 11.8. The zero-order valence-electron chi connectivity index (χ0n) is 15.6. The zero-order chi connectivity index (χ0) is 20.3. The van der Waals surface area contributed by atoms with E-state index in [1.165, 1.54) is 0 Å². The molecule has 2 aromatic rings. The van der Waals surface area contributed by atoms with E-state index in [9.17, 15) is 4.79 Å². The summed E-state index contributed by atoms with van der Waals surface area (Å²) >= 11 is 11.2. The highest BCUT2D eigenvalue weighted by molar-refractivity contribution is 7.80. The number of nitrogens with one attached hydrogen (secondary N) is 3. The summed E-state index contributed by atoms with van der Waals surface area (Å²) in [7, 11) is 3.16. The Kier molecular flexibility index (Phi) is 6.06. The normalized spacial score (nSPS) is 16.1. The molecule has 0 saturated carbocycles. The molecule has 0 aromatic heterocycles. The molecule has 0 fully saturated rings. The molecule has 1 amide bonds. The number of anilines is 1. The molecule has 0 bridgehead atoms. The molecular formula is C20H20ClN3O3S. The summed E-state index contributed by atoms with van der Waals surface area (Å²) in [5, 5.41) is 10.1. The topological polar surface area (TPSA) is 71.6 Å². The average Bonchev–Trinajstić information content (AvgIpc) is 2.68. The van der Waals surface area contributed by atoms with Crippen molar-refractivity contribution >= 4 is 40.5 Å². The summed E-state index contributed by atoms with van der Waals surface area (Å²) in [5.41, 5.74) is 2.53. The van der Waals surface area contributed by atoms with Crippen molar-refractivity contribution in [3.8, 4) is 11.5 Å². The standard InChI is InChI=1S/C20H20ClN3O3S/c1-11-17(19(25)23-13-6-4-12(21)5-7-13)18(24-20(28)22-11)15-10-14(26-2)8-9-16(15)27-3/h4-10,18H,1-3H3,(H,23,25)(H2,22,24,28)/t18-/m0/s1. The van der Waals surface area contributed by atoms with Crippen LogP contribution in [0.5, 0.6) is 11.5 Å². The SMILES string of the molecule is COc1ccc(OC)c([C@@H]2NC(=S)NC(C)=C2C(=O)Nc2ccc(Cl)cc2)c1. The van der Waals surface area contributed by atoms with Gasteiger partial charge in [0.15, 0.2) is 5.11 Å². The number of methoxy groups -OCH3 is 2. The van der Waals surface area contributed by atoms with Crippen molar-refractivity contribution < 1.29 is 14.3 Å². The number of amides is 1. The minimum absolute atomic E-state index is 0.266. The van der Waals surface area contributed by atoms with Gasteiger partial charge in [-0.1, -0.05) is 11.6 Å². The van der Waals surface area contributed by atoms with Crippen molar-refractivity contribution in [2.75, 3.05) is 19.5 Å². The molecule has 6 nitrogen and oxygen atoms in total. The van der Waals surface area contributed by atoms with Crippen molar-refractivity contribution in [3.63, 3.8) is 0 Å². The van der Waals surface area contributed by atoms with Gasteiger partial charge in [-0.15, -0.1) is 0 Å². The Bertz CT molecular complexity index is 944. The first-order chi connectivity index (χ1) is 13.4. The van der Waals surface area contributed by atoms with Gasteiger partial charge in [-0.05, 0) is 61.6 Å². The van der Waals surface area contributed by atoms with Gasteiger partial charge in [0.2, 0.25) is 0 Å². The molecule has 1 atom stereocenters. The Balaban J connectivity index is 2.01. The lowest BCUT2D eigenvalue weighted by Gasteiger charge is -2.31. The van der Waals surface area contributed by atoms with Crippen LogP contribution in [-0.4, -0.2) is 25.2 Å². The van der Waals surface area contributed by atoms with Crippen LogP contribution >= 0.6 is 23.8 Å². The van der Waals surface area contributed by atoms with Crippen LogP contribution in [0.4, 0.5) is 5.69 Å². The lowest BCUT2D eigenvalue weighted by molar-refractivity contribution is -0.113. The minimum atomic E-state index is -0.508. The van der Waals surface area contributed by atoms with E-state index >= 15 is 0 Å². The largest absolute Gasteiger partial charge is 0.497 e. The Labute approximate surface area is 173 Å². The van der Waals surface area contributed by atoms with Crippen LogP contribution < -0.4 is 25.4 Å². The fourth-order valence-electron chi connectivity index (χ4n) is 3.02. The van der Waals surface area contributed by atoms with Crippen molar-refractivity contribution in [3.05, 3.63) is 64.3 Å². The highest BCUT2D eigenvalue weighted by Crippen LogP contribution is 2.36. The maximum atomic E-state index is 13.1. The van der Waals surface area contributed by atoms with Crippen LogP contribution in [0.25, 0.3) is 0 Å². The summed E-state index contributed by atoms with van der Waals surface area (Å²) in [6.07, 6.45) is 0. The van der Waals surface area contributed by atoms with E-state index in [1.807, 2.05) is 13.0 Å². The molecule has 0 radical (unpaired) electrons. The van der Waals surface area contributed by atoms with Crippen LogP contribution in [0.1, 0.15) is 18.5 Å². The maximum absolute atomic E-state index is 13.1. The van der Waals surface area contributed by atoms with Crippen molar-refractivity contribution in [2.24, 2.45) is 0 Å². The van der Waals surface area contributed by atoms with E-state index in [4.69, 9.17) is 33.3 Å². The van der Waals surface area contributed by atoms with Crippen LogP contribution in [0.15, 0.2) is 53.7 Å². The molecule has 1 aliphatic rings. The van der Waals surface area contributed by atoms with Crippen LogP contribution in [0.2, 0.25) is 5.02 Å². The Morgan fingerprint density at radius 3 is 2.50 bits per heavy atom. The van der Waals surface area contributed by atoms with Gasteiger partial charge in [0.1, 0.15) is 11.5 Å². The number of halogens is 1. The van der Waals surface area contributed by atoms with Gasteiger partial charge < -0.3 is 25.4 Å². The lowest BCUT2D eigenvalue weighted by Crippen LogP contribution is -2.45. The molecule has 8 heteroatoms. The van der Waals surface area contributed by atoms with Crippen LogP contribution in [0, 0.1) is 0 Å². The summed E-state index contributed by atoms with van der Waals surface area (Å²) < 4.78 is 10.8. The molecule has 0 unspecified atom stereocenters. The van der Waals surface area contributed by atoms with Crippen molar-refractivity contribution in [1.29, 1.82) is 0 Å². The van der Waals surface area contributed by atoms with Crippen LogP contribution in [0.3, 0.4) is 0 Å². The van der Waals surface area contributed by atoms with E-state index in [1.54, 1.807) is 50.6 Å². The number of rotatable bonds is 5. The molecule has 146 valence electrons. The highest BCUT2D eigenvalue weighted by atomic mass is 35.5. The van der Waals surface area contributed by atoms with Gasteiger partial charge in [0.25, 0.3) is 5.91 Å². The van der Waals surface area contributed by atoms with Crippen molar-refractivity contribution in [1.82, 2.24) is 10.6 Å². The third kappa shape index (κ3) is 4.21. The Morgan fingerprint density at radius 2 is 1.86 bits per heavy atom.